The standard InChI is InChI=1S/C22H25N5OS/c1-14-6-7-18(15(2)12-14)20-13-29-22(24-20)25-21(28)9-8-19-16(3)26-27(17(19)4)11-5-10-23/h6-7,12-13H,5,8-9,11H2,1-4H3,(H,24,25,28). The predicted octanol–water partition coefficient (Wildman–Crippen LogP) is 4.73. The number of nitriles is 1. The van der Waals surface area contributed by atoms with E-state index in [0.717, 1.165) is 28.2 Å². The molecule has 0 unspecified atom stereocenters. The van der Waals surface area contributed by atoms with E-state index in [4.69, 9.17) is 5.26 Å². The predicted molar refractivity (Wildman–Crippen MR) is 116 cm³/mol. The van der Waals surface area contributed by atoms with Crippen molar-refractivity contribution in [3.05, 3.63) is 51.7 Å². The highest BCUT2D eigenvalue weighted by Crippen LogP contribution is 2.28. The number of carbonyl (C=O) groups excluding carboxylic acids is 1. The lowest BCUT2D eigenvalue weighted by Crippen LogP contribution is -2.12. The van der Waals surface area contributed by atoms with Crippen LogP contribution in [-0.2, 0) is 17.8 Å². The summed E-state index contributed by atoms with van der Waals surface area (Å²) in [7, 11) is 0. The van der Waals surface area contributed by atoms with Gasteiger partial charge in [0.15, 0.2) is 5.13 Å². The van der Waals surface area contributed by atoms with E-state index in [1.54, 1.807) is 0 Å². The lowest BCUT2D eigenvalue weighted by molar-refractivity contribution is -0.116. The Balaban J connectivity index is 1.62. The Hall–Kier alpha value is -2.98. The number of hydrogen-bond acceptors (Lipinski definition) is 5. The zero-order valence-electron chi connectivity index (χ0n) is 17.2. The lowest BCUT2D eigenvalue weighted by atomic mass is 10.0. The summed E-state index contributed by atoms with van der Waals surface area (Å²) in [6.07, 6.45) is 1.41. The van der Waals surface area contributed by atoms with Gasteiger partial charge in [-0.15, -0.1) is 11.3 Å². The first kappa shape index (κ1) is 20.7. The smallest absolute Gasteiger partial charge is 0.226 e. The van der Waals surface area contributed by atoms with Crippen LogP contribution in [0.4, 0.5) is 5.13 Å². The van der Waals surface area contributed by atoms with Gasteiger partial charge in [-0.05, 0) is 45.2 Å². The summed E-state index contributed by atoms with van der Waals surface area (Å²) >= 11 is 1.44. The van der Waals surface area contributed by atoms with E-state index >= 15 is 0 Å². The molecule has 0 radical (unpaired) electrons. The summed E-state index contributed by atoms with van der Waals surface area (Å²) in [6, 6.07) is 8.41. The number of hydrogen-bond donors (Lipinski definition) is 1. The number of anilines is 1. The quantitative estimate of drug-likeness (QED) is 0.614. The van der Waals surface area contributed by atoms with Gasteiger partial charge >= 0.3 is 0 Å². The zero-order valence-corrected chi connectivity index (χ0v) is 18.1. The Morgan fingerprint density at radius 1 is 1.28 bits per heavy atom. The van der Waals surface area contributed by atoms with Crippen LogP contribution < -0.4 is 5.32 Å². The van der Waals surface area contributed by atoms with E-state index in [1.165, 1.54) is 22.5 Å². The molecule has 1 amide bonds. The molecule has 3 rings (SSSR count). The van der Waals surface area contributed by atoms with Crippen molar-refractivity contribution in [2.45, 2.75) is 53.5 Å². The number of aromatic nitrogens is 3. The Morgan fingerprint density at radius 3 is 2.79 bits per heavy atom. The SMILES string of the molecule is Cc1ccc(-c2csc(NC(=O)CCc3c(C)nn(CCC#N)c3C)n2)c(C)c1. The maximum absolute atomic E-state index is 12.4. The first-order valence-electron chi connectivity index (χ1n) is 9.62. The largest absolute Gasteiger partial charge is 0.302 e. The van der Waals surface area contributed by atoms with Crippen LogP contribution in [0.2, 0.25) is 0 Å². The molecular formula is C22H25N5OS. The molecule has 29 heavy (non-hydrogen) atoms. The molecule has 2 heterocycles. The molecule has 7 heteroatoms. The molecule has 0 atom stereocenters. The van der Waals surface area contributed by atoms with Crippen molar-refractivity contribution in [2.24, 2.45) is 0 Å². The van der Waals surface area contributed by atoms with Gasteiger partial charge in [0, 0.05) is 23.1 Å². The number of benzene rings is 1. The molecule has 1 aromatic carbocycles. The van der Waals surface area contributed by atoms with Crippen molar-refractivity contribution in [3.8, 4) is 17.3 Å². The number of nitrogens with zero attached hydrogens (tertiary/aromatic N) is 4. The highest BCUT2D eigenvalue weighted by molar-refractivity contribution is 7.14. The fourth-order valence-corrected chi connectivity index (χ4v) is 4.17. The van der Waals surface area contributed by atoms with Crippen LogP contribution in [0.1, 0.15) is 40.9 Å². The molecular weight excluding hydrogens is 382 g/mol. The number of nitrogens with one attached hydrogen (secondary N) is 1. The number of thiazole rings is 1. The monoisotopic (exact) mass is 407 g/mol. The molecule has 0 saturated heterocycles. The van der Waals surface area contributed by atoms with Gasteiger partial charge in [-0.3, -0.25) is 9.48 Å². The number of aryl methyl sites for hydroxylation is 4. The minimum Gasteiger partial charge on any atom is -0.302 e. The van der Waals surface area contributed by atoms with E-state index < -0.39 is 0 Å². The normalized spacial score (nSPS) is 10.7. The van der Waals surface area contributed by atoms with Crippen molar-refractivity contribution in [1.29, 1.82) is 5.26 Å². The molecule has 2 aromatic heterocycles. The highest BCUT2D eigenvalue weighted by Gasteiger charge is 2.14. The second kappa shape index (κ2) is 9.01. The lowest BCUT2D eigenvalue weighted by Gasteiger charge is -2.05. The van der Waals surface area contributed by atoms with E-state index in [0.29, 0.717) is 30.9 Å². The molecule has 0 fully saturated rings. The van der Waals surface area contributed by atoms with Crippen LogP contribution in [0.5, 0.6) is 0 Å². The highest BCUT2D eigenvalue weighted by atomic mass is 32.1. The number of amides is 1. The first-order chi connectivity index (χ1) is 13.9. The summed E-state index contributed by atoms with van der Waals surface area (Å²) in [6.45, 7) is 8.65. The topological polar surface area (TPSA) is 83.6 Å². The second-order valence-electron chi connectivity index (χ2n) is 7.19. The van der Waals surface area contributed by atoms with Crippen molar-refractivity contribution in [2.75, 3.05) is 5.32 Å². The maximum atomic E-state index is 12.4. The third-order valence-corrected chi connectivity index (χ3v) is 5.73. The third kappa shape index (κ3) is 4.90. The molecule has 3 aromatic rings. The summed E-state index contributed by atoms with van der Waals surface area (Å²) < 4.78 is 1.85. The molecule has 0 aliphatic rings. The van der Waals surface area contributed by atoms with Gasteiger partial charge < -0.3 is 5.32 Å². The fraction of sp³-hybridized carbons (Fsp3) is 0.364. The van der Waals surface area contributed by atoms with Crippen molar-refractivity contribution in [1.82, 2.24) is 14.8 Å². The minimum absolute atomic E-state index is 0.0601. The fourth-order valence-electron chi connectivity index (χ4n) is 3.45. The van der Waals surface area contributed by atoms with Gasteiger partial charge in [-0.25, -0.2) is 4.98 Å². The van der Waals surface area contributed by atoms with Crippen molar-refractivity contribution < 1.29 is 4.79 Å². The van der Waals surface area contributed by atoms with E-state index in [1.807, 2.05) is 23.9 Å². The third-order valence-electron chi connectivity index (χ3n) is 4.98. The summed E-state index contributed by atoms with van der Waals surface area (Å²) in [5.41, 5.74) is 7.38. The average molecular weight is 408 g/mol. The molecule has 0 aliphatic heterocycles. The van der Waals surface area contributed by atoms with E-state index in [9.17, 15) is 4.79 Å². The van der Waals surface area contributed by atoms with Crippen molar-refractivity contribution in [3.63, 3.8) is 0 Å². The minimum atomic E-state index is -0.0601. The first-order valence-corrected chi connectivity index (χ1v) is 10.5. The Labute approximate surface area is 175 Å². The maximum Gasteiger partial charge on any atom is 0.226 e. The molecule has 150 valence electrons. The van der Waals surface area contributed by atoms with Crippen LogP contribution in [-0.4, -0.2) is 20.7 Å². The van der Waals surface area contributed by atoms with Crippen LogP contribution >= 0.6 is 11.3 Å². The molecule has 0 bridgehead atoms. The summed E-state index contributed by atoms with van der Waals surface area (Å²) in [5, 5.41) is 18.7. The summed E-state index contributed by atoms with van der Waals surface area (Å²) in [4.78, 5) is 17.0. The molecule has 0 aliphatic carbocycles. The van der Waals surface area contributed by atoms with Crippen LogP contribution in [0, 0.1) is 39.0 Å². The van der Waals surface area contributed by atoms with Gasteiger partial charge in [0.25, 0.3) is 0 Å². The van der Waals surface area contributed by atoms with Crippen LogP contribution in [0.15, 0.2) is 23.6 Å². The average Bonchev–Trinajstić information content (AvgIpc) is 3.23. The number of carbonyl (C=O) groups is 1. The second-order valence-corrected chi connectivity index (χ2v) is 8.04. The van der Waals surface area contributed by atoms with Gasteiger partial charge in [0.1, 0.15) is 0 Å². The van der Waals surface area contributed by atoms with Gasteiger partial charge in [0.2, 0.25) is 5.91 Å². The van der Waals surface area contributed by atoms with Crippen molar-refractivity contribution >= 4 is 22.4 Å². The molecule has 0 saturated carbocycles. The molecule has 1 N–H and O–H groups in total. The van der Waals surface area contributed by atoms with Gasteiger partial charge in [-0.2, -0.15) is 10.4 Å². The Kier molecular flexibility index (Phi) is 6.45. The van der Waals surface area contributed by atoms with E-state index in [2.05, 4.69) is 53.5 Å². The van der Waals surface area contributed by atoms with Crippen LogP contribution in [0.3, 0.4) is 0 Å². The molecule has 0 spiro atoms. The Morgan fingerprint density at radius 2 is 2.07 bits per heavy atom. The van der Waals surface area contributed by atoms with Gasteiger partial charge in [0.05, 0.1) is 30.4 Å². The summed E-state index contributed by atoms with van der Waals surface area (Å²) in [5.74, 6) is -0.0601. The van der Waals surface area contributed by atoms with Crippen LogP contribution in [0.25, 0.3) is 11.3 Å². The number of rotatable bonds is 7. The molecule has 6 nitrogen and oxygen atoms in total. The van der Waals surface area contributed by atoms with E-state index in [-0.39, 0.29) is 5.91 Å². The Bertz CT molecular complexity index is 1070. The zero-order chi connectivity index (χ0) is 21.0. The van der Waals surface area contributed by atoms with Gasteiger partial charge in [-0.1, -0.05) is 23.8 Å².